The quantitative estimate of drug-likeness (QED) is 0.731. The van der Waals surface area contributed by atoms with Gasteiger partial charge in [0.2, 0.25) is 5.91 Å². The highest BCUT2D eigenvalue weighted by Crippen LogP contribution is 2.29. The molecule has 1 aliphatic heterocycles. The SMILES string of the molecule is COc1ccc(Cl)cc1NC(=O)COC(=O)[C@H]1CC(=O)N(c2ccccc2C)C1. The van der Waals surface area contributed by atoms with Gasteiger partial charge in [-0.3, -0.25) is 14.4 Å². The van der Waals surface area contributed by atoms with E-state index in [4.69, 9.17) is 21.1 Å². The number of benzene rings is 2. The minimum absolute atomic E-state index is 0.0525. The lowest BCUT2D eigenvalue weighted by molar-refractivity contribution is -0.151. The number of halogens is 1. The molecule has 152 valence electrons. The molecule has 29 heavy (non-hydrogen) atoms. The summed E-state index contributed by atoms with van der Waals surface area (Å²) in [6.07, 6.45) is 0.0525. The van der Waals surface area contributed by atoms with Crippen LogP contribution in [-0.4, -0.2) is 38.0 Å². The van der Waals surface area contributed by atoms with Crippen molar-refractivity contribution in [3.63, 3.8) is 0 Å². The third kappa shape index (κ3) is 4.86. The zero-order valence-electron chi connectivity index (χ0n) is 16.1. The Kier molecular flexibility index (Phi) is 6.39. The molecule has 2 aromatic rings. The molecular weight excluding hydrogens is 396 g/mol. The molecule has 1 aliphatic rings. The van der Waals surface area contributed by atoms with Crippen molar-refractivity contribution in [1.29, 1.82) is 0 Å². The Morgan fingerprint density at radius 3 is 2.72 bits per heavy atom. The number of carbonyl (C=O) groups is 3. The lowest BCUT2D eigenvalue weighted by atomic mass is 10.1. The van der Waals surface area contributed by atoms with E-state index in [1.165, 1.54) is 13.2 Å². The maximum Gasteiger partial charge on any atom is 0.311 e. The first kappa shape index (κ1) is 20.7. The van der Waals surface area contributed by atoms with Gasteiger partial charge in [-0.15, -0.1) is 0 Å². The van der Waals surface area contributed by atoms with E-state index in [0.717, 1.165) is 11.3 Å². The molecule has 1 saturated heterocycles. The van der Waals surface area contributed by atoms with Crippen molar-refractivity contribution < 1.29 is 23.9 Å². The third-order valence-electron chi connectivity index (χ3n) is 4.65. The van der Waals surface area contributed by atoms with E-state index in [9.17, 15) is 14.4 Å². The highest BCUT2D eigenvalue weighted by Gasteiger charge is 2.36. The van der Waals surface area contributed by atoms with Crippen LogP contribution in [0.25, 0.3) is 0 Å². The number of amides is 2. The van der Waals surface area contributed by atoms with E-state index in [2.05, 4.69) is 5.32 Å². The Morgan fingerprint density at radius 2 is 2.00 bits per heavy atom. The van der Waals surface area contributed by atoms with Crippen LogP contribution in [0.1, 0.15) is 12.0 Å². The summed E-state index contributed by atoms with van der Waals surface area (Å²) in [6, 6.07) is 12.3. The number of hydrogen-bond acceptors (Lipinski definition) is 5. The molecule has 0 aromatic heterocycles. The van der Waals surface area contributed by atoms with Crippen LogP contribution in [0, 0.1) is 12.8 Å². The maximum atomic E-state index is 12.4. The number of esters is 1. The zero-order chi connectivity index (χ0) is 21.0. The van der Waals surface area contributed by atoms with Gasteiger partial charge < -0.3 is 19.7 Å². The van der Waals surface area contributed by atoms with Crippen LogP contribution in [0.4, 0.5) is 11.4 Å². The van der Waals surface area contributed by atoms with E-state index in [1.807, 2.05) is 31.2 Å². The van der Waals surface area contributed by atoms with E-state index in [-0.39, 0.29) is 18.9 Å². The first-order chi connectivity index (χ1) is 13.9. The lowest BCUT2D eigenvalue weighted by Gasteiger charge is -2.18. The topological polar surface area (TPSA) is 84.9 Å². The van der Waals surface area contributed by atoms with Gasteiger partial charge in [-0.05, 0) is 36.8 Å². The van der Waals surface area contributed by atoms with Crippen LogP contribution in [-0.2, 0) is 19.1 Å². The third-order valence-corrected chi connectivity index (χ3v) is 4.88. The minimum atomic E-state index is -0.615. The molecule has 0 bridgehead atoms. The summed E-state index contributed by atoms with van der Waals surface area (Å²) >= 11 is 5.93. The average molecular weight is 417 g/mol. The van der Waals surface area contributed by atoms with Crippen LogP contribution in [0.5, 0.6) is 5.75 Å². The van der Waals surface area contributed by atoms with Crippen LogP contribution in [0.15, 0.2) is 42.5 Å². The van der Waals surface area contributed by atoms with Gasteiger partial charge in [0.25, 0.3) is 5.91 Å². The molecule has 0 radical (unpaired) electrons. The highest BCUT2D eigenvalue weighted by atomic mass is 35.5. The molecule has 0 spiro atoms. The molecule has 1 atom stereocenters. The summed E-state index contributed by atoms with van der Waals surface area (Å²) < 4.78 is 10.3. The molecule has 0 unspecified atom stereocenters. The molecule has 8 heteroatoms. The van der Waals surface area contributed by atoms with Crippen LogP contribution >= 0.6 is 11.6 Å². The van der Waals surface area contributed by atoms with Gasteiger partial charge in [-0.2, -0.15) is 0 Å². The zero-order valence-corrected chi connectivity index (χ0v) is 16.9. The summed E-state index contributed by atoms with van der Waals surface area (Å²) in [4.78, 5) is 38.4. The maximum absolute atomic E-state index is 12.4. The van der Waals surface area contributed by atoms with Gasteiger partial charge >= 0.3 is 5.97 Å². The van der Waals surface area contributed by atoms with Crippen LogP contribution < -0.4 is 15.0 Å². The molecular formula is C21H21ClN2O5. The summed E-state index contributed by atoms with van der Waals surface area (Å²) in [7, 11) is 1.47. The second kappa shape index (κ2) is 8.96. The molecule has 2 aromatic carbocycles. The van der Waals surface area contributed by atoms with Crippen molar-refractivity contribution in [2.45, 2.75) is 13.3 Å². The number of ether oxygens (including phenoxy) is 2. The van der Waals surface area contributed by atoms with E-state index in [0.29, 0.717) is 16.5 Å². The number of nitrogens with zero attached hydrogens (tertiary/aromatic N) is 1. The summed E-state index contributed by atoms with van der Waals surface area (Å²) in [5.41, 5.74) is 2.10. The van der Waals surface area contributed by atoms with Crippen LogP contribution in [0.3, 0.4) is 0 Å². The molecule has 2 amide bonds. The van der Waals surface area contributed by atoms with Crippen molar-refractivity contribution in [2.75, 3.05) is 30.5 Å². The predicted molar refractivity (Wildman–Crippen MR) is 109 cm³/mol. The monoisotopic (exact) mass is 416 g/mol. The van der Waals surface area contributed by atoms with E-state index in [1.54, 1.807) is 17.0 Å². The molecule has 0 saturated carbocycles. The van der Waals surface area contributed by atoms with Gasteiger partial charge in [0.05, 0.1) is 18.7 Å². The van der Waals surface area contributed by atoms with Crippen molar-refractivity contribution in [2.24, 2.45) is 5.92 Å². The number of methoxy groups -OCH3 is 1. The molecule has 1 heterocycles. The first-order valence-corrected chi connectivity index (χ1v) is 9.43. The van der Waals surface area contributed by atoms with Gasteiger partial charge in [0, 0.05) is 23.7 Å². The number of anilines is 2. The first-order valence-electron chi connectivity index (χ1n) is 9.05. The summed E-state index contributed by atoms with van der Waals surface area (Å²) in [5, 5.41) is 3.03. The fourth-order valence-electron chi connectivity index (χ4n) is 3.18. The van der Waals surface area contributed by atoms with E-state index < -0.39 is 24.4 Å². The largest absolute Gasteiger partial charge is 0.495 e. The number of para-hydroxylation sites is 1. The fraction of sp³-hybridized carbons (Fsp3) is 0.286. The summed E-state index contributed by atoms with van der Waals surface area (Å²) in [6.45, 7) is 1.67. The Labute approximate surface area is 173 Å². The van der Waals surface area contributed by atoms with Gasteiger partial charge in [0.1, 0.15) is 5.75 Å². The Balaban J connectivity index is 1.56. The highest BCUT2D eigenvalue weighted by molar-refractivity contribution is 6.31. The standard InChI is InChI=1S/C21H21ClN2O5/c1-13-5-3-4-6-17(13)24-11-14(9-20(24)26)21(27)29-12-19(25)23-16-10-15(22)7-8-18(16)28-2/h3-8,10,14H,9,11-12H2,1-2H3,(H,23,25)/t14-/m0/s1. The molecule has 1 fully saturated rings. The molecule has 0 aliphatic carbocycles. The second-order valence-corrected chi connectivity index (χ2v) is 7.13. The molecule has 7 nitrogen and oxygen atoms in total. The Hall–Kier alpha value is -3.06. The normalized spacial score (nSPS) is 15.9. The fourth-order valence-corrected chi connectivity index (χ4v) is 3.36. The molecule has 1 N–H and O–H groups in total. The van der Waals surface area contributed by atoms with Crippen molar-refractivity contribution >= 4 is 40.8 Å². The number of hydrogen-bond donors (Lipinski definition) is 1. The van der Waals surface area contributed by atoms with Crippen molar-refractivity contribution in [3.8, 4) is 5.75 Å². The number of carbonyl (C=O) groups excluding carboxylic acids is 3. The average Bonchev–Trinajstić information content (AvgIpc) is 3.08. The van der Waals surface area contributed by atoms with Gasteiger partial charge in [-0.1, -0.05) is 29.8 Å². The number of nitrogens with one attached hydrogen (secondary N) is 1. The van der Waals surface area contributed by atoms with Crippen molar-refractivity contribution in [3.05, 3.63) is 53.1 Å². The predicted octanol–water partition coefficient (Wildman–Crippen LogP) is 3.19. The second-order valence-electron chi connectivity index (χ2n) is 6.69. The van der Waals surface area contributed by atoms with Crippen LogP contribution in [0.2, 0.25) is 5.02 Å². The van der Waals surface area contributed by atoms with Crippen molar-refractivity contribution in [1.82, 2.24) is 0 Å². The minimum Gasteiger partial charge on any atom is -0.495 e. The summed E-state index contributed by atoms with van der Waals surface area (Å²) in [5.74, 6) is -1.43. The smallest absolute Gasteiger partial charge is 0.311 e. The van der Waals surface area contributed by atoms with E-state index >= 15 is 0 Å². The Bertz CT molecular complexity index is 946. The Morgan fingerprint density at radius 1 is 1.24 bits per heavy atom. The number of aryl methyl sites for hydroxylation is 1. The number of rotatable bonds is 6. The lowest BCUT2D eigenvalue weighted by Crippen LogP contribution is -2.28. The van der Waals surface area contributed by atoms with Gasteiger partial charge in [-0.25, -0.2) is 0 Å². The van der Waals surface area contributed by atoms with Gasteiger partial charge in [0.15, 0.2) is 6.61 Å². The molecule has 3 rings (SSSR count).